The maximum Gasteiger partial charge on any atom is 0.573 e. The number of hydrazine groups is 1. The van der Waals surface area contributed by atoms with Gasteiger partial charge in [-0.1, -0.05) is 44.2 Å². The van der Waals surface area contributed by atoms with E-state index in [1.54, 1.807) is 26.1 Å². The monoisotopic (exact) mass is 638 g/mol. The standard InChI is InChI=1S/C32H42F4N4O5/c1-23-11-12-27(26(33)19-23)44-17-13-29(41)38-28-21-37-40(31(28)14-6-4-3-5-7-15-31)22-30(42)39(2)16-18-43-24-9-8-10-25(20-24)45-32(34,35)36/h8-12,19-20,28,37H,3-7,13-18,21-22H2,1-2H3,(H,38,41). The zero-order valence-corrected chi connectivity index (χ0v) is 25.8. The number of hydrogen-bond donors (Lipinski definition) is 2. The maximum atomic E-state index is 14.1. The van der Waals surface area contributed by atoms with Gasteiger partial charge in [-0.15, -0.1) is 13.2 Å². The Hall–Kier alpha value is -3.58. The summed E-state index contributed by atoms with van der Waals surface area (Å²) in [6, 6.07) is 9.68. The van der Waals surface area contributed by atoms with Gasteiger partial charge in [0.1, 0.15) is 18.1 Å². The third-order valence-electron chi connectivity index (χ3n) is 8.35. The van der Waals surface area contributed by atoms with E-state index in [9.17, 15) is 27.2 Å². The van der Waals surface area contributed by atoms with Crippen molar-refractivity contribution in [3.8, 4) is 17.2 Å². The molecule has 45 heavy (non-hydrogen) atoms. The van der Waals surface area contributed by atoms with Gasteiger partial charge in [-0.3, -0.25) is 15.0 Å². The minimum Gasteiger partial charge on any atom is -0.492 e. The fourth-order valence-corrected chi connectivity index (χ4v) is 5.96. The highest BCUT2D eigenvalue weighted by Crippen LogP contribution is 2.37. The van der Waals surface area contributed by atoms with Gasteiger partial charge in [0.25, 0.3) is 0 Å². The van der Waals surface area contributed by atoms with E-state index < -0.39 is 17.7 Å². The van der Waals surface area contributed by atoms with E-state index in [2.05, 4.69) is 15.5 Å². The number of halogens is 4. The minimum atomic E-state index is -4.80. The highest BCUT2D eigenvalue weighted by atomic mass is 19.4. The number of hydrogen-bond acceptors (Lipinski definition) is 7. The summed E-state index contributed by atoms with van der Waals surface area (Å²) in [5.41, 5.74) is 3.69. The molecule has 9 nitrogen and oxygen atoms in total. The van der Waals surface area contributed by atoms with Gasteiger partial charge in [0, 0.05) is 19.7 Å². The Balaban J connectivity index is 1.31. The fraction of sp³-hybridized carbons (Fsp3) is 0.562. The average Bonchev–Trinajstić information content (AvgIpc) is 3.27. The van der Waals surface area contributed by atoms with Crippen molar-refractivity contribution in [2.45, 2.75) is 76.2 Å². The molecule has 1 saturated heterocycles. The lowest BCUT2D eigenvalue weighted by atomic mass is 9.78. The first kappa shape index (κ1) is 34.3. The van der Waals surface area contributed by atoms with E-state index in [-0.39, 0.29) is 67.8 Å². The van der Waals surface area contributed by atoms with Gasteiger partial charge < -0.3 is 24.4 Å². The number of nitrogens with one attached hydrogen (secondary N) is 2. The van der Waals surface area contributed by atoms with Crippen LogP contribution in [-0.4, -0.2) is 79.6 Å². The molecule has 0 radical (unpaired) electrons. The molecule has 1 heterocycles. The Bertz CT molecular complexity index is 1290. The van der Waals surface area contributed by atoms with E-state index in [1.165, 1.54) is 29.2 Å². The van der Waals surface area contributed by atoms with Crippen LogP contribution in [0.4, 0.5) is 17.6 Å². The minimum absolute atomic E-state index is 0.0354. The molecule has 1 atom stereocenters. The molecule has 1 unspecified atom stereocenters. The summed E-state index contributed by atoms with van der Waals surface area (Å²) >= 11 is 0. The number of benzene rings is 2. The summed E-state index contributed by atoms with van der Waals surface area (Å²) in [7, 11) is 1.64. The fourth-order valence-electron chi connectivity index (χ4n) is 5.96. The number of aryl methyl sites for hydroxylation is 1. The molecule has 0 bridgehead atoms. The maximum absolute atomic E-state index is 14.1. The lowest BCUT2D eigenvalue weighted by Crippen LogP contribution is -2.59. The molecular formula is C32H42F4N4O5. The molecule has 1 spiro atoms. The van der Waals surface area contributed by atoms with Crippen molar-refractivity contribution in [1.82, 2.24) is 20.7 Å². The van der Waals surface area contributed by atoms with Crippen LogP contribution in [-0.2, 0) is 9.59 Å². The Morgan fingerprint density at radius 2 is 1.73 bits per heavy atom. The summed E-state index contributed by atoms with van der Waals surface area (Å²) in [6.45, 7) is 2.65. The number of ether oxygens (including phenoxy) is 3. The predicted octanol–water partition coefficient (Wildman–Crippen LogP) is 5.13. The van der Waals surface area contributed by atoms with Crippen molar-refractivity contribution >= 4 is 11.8 Å². The topological polar surface area (TPSA) is 92.4 Å². The van der Waals surface area contributed by atoms with Crippen LogP contribution in [0.5, 0.6) is 17.2 Å². The summed E-state index contributed by atoms with van der Waals surface area (Å²) in [5.74, 6) is -0.921. The van der Waals surface area contributed by atoms with Crippen LogP contribution >= 0.6 is 0 Å². The second-order valence-electron chi connectivity index (χ2n) is 11.7. The molecule has 2 aliphatic rings. The van der Waals surface area contributed by atoms with Gasteiger partial charge in [0.05, 0.1) is 37.7 Å². The van der Waals surface area contributed by atoms with Crippen LogP contribution in [0, 0.1) is 12.7 Å². The molecule has 1 aliphatic heterocycles. The van der Waals surface area contributed by atoms with Crippen LogP contribution in [0.25, 0.3) is 0 Å². The highest BCUT2D eigenvalue weighted by molar-refractivity contribution is 5.78. The molecule has 1 aliphatic carbocycles. The largest absolute Gasteiger partial charge is 0.573 e. The van der Waals surface area contributed by atoms with Gasteiger partial charge >= 0.3 is 6.36 Å². The third-order valence-corrected chi connectivity index (χ3v) is 8.35. The van der Waals surface area contributed by atoms with Crippen molar-refractivity contribution in [3.05, 3.63) is 53.8 Å². The van der Waals surface area contributed by atoms with Crippen LogP contribution in [0.3, 0.4) is 0 Å². The summed E-state index contributed by atoms with van der Waals surface area (Å²) < 4.78 is 66.7. The number of nitrogens with zero attached hydrogens (tertiary/aromatic N) is 2. The first-order valence-electron chi connectivity index (χ1n) is 15.4. The van der Waals surface area contributed by atoms with Crippen LogP contribution in [0.15, 0.2) is 42.5 Å². The number of carbonyl (C=O) groups excluding carboxylic acids is 2. The van der Waals surface area contributed by atoms with Gasteiger partial charge in [-0.2, -0.15) is 0 Å². The number of likely N-dealkylation sites (N-methyl/N-ethyl adjacent to an activating group) is 1. The molecule has 4 rings (SSSR count). The Kier molecular flexibility index (Phi) is 11.9. The summed E-state index contributed by atoms with van der Waals surface area (Å²) in [5, 5.41) is 5.13. The Labute approximate surface area is 261 Å². The molecule has 13 heteroatoms. The molecule has 2 N–H and O–H groups in total. The zero-order chi connectivity index (χ0) is 32.5. The molecule has 2 aromatic rings. The number of rotatable bonds is 12. The molecule has 2 amide bonds. The van der Waals surface area contributed by atoms with Crippen LogP contribution in [0.2, 0.25) is 0 Å². The van der Waals surface area contributed by atoms with Crippen molar-refractivity contribution in [2.75, 3.05) is 39.9 Å². The van der Waals surface area contributed by atoms with E-state index >= 15 is 0 Å². The lowest BCUT2D eigenvalue weighted by Gasteiger charge is -2.43. The van der Waals surface area contributed by atoms with E-state index in [0.717, 1.165) is 56.6 Å². The average molecular weight is 639 g/mol. The SMILES string of the molecule is Cc1ccc(OCCC(=O)NC2CNN(CC(=O)N(C)CCOc3cccc(OC(F)(F)F)c3)C23CCCCCCC3)c(F)c1. The molecular weight excluding hydrogens is 596 g/mol. The van der Waals surface area contributed by atoms with Gasteiger partial charge in [0.15, 0.2) is 11.6 Å². The Morgan fingerprint density at radius 3 is 2.44 bits per heavy atom. The second-order valence-corrected chi connectivity index (χ2v) is 11.7. The Morgan fingerprint density at radius 1 is 1.02 bits per heavy atom. The van der Waals surface area contributed by atoms with E-state index in [4.69, 9.17) is 9.47 Å². The van der Waals surface area contributed by atoms with Crippen molar-refractivity contribution in [3.63, 3.8) is 0 Å². The first-order chi connectivity index (χ1) is 21.4. The van der Waals surface area contributed by atoms with Crippen molar-refractivity contribution in [2.24, 2.45) is 0 Å². The van der Waals surface area contributed by atoms with Crippen LogP contribution in [0.1, 0.15) is 56.9 Å². The highest BCUT2D eigenvalue weighted by Gasteiger charge is 2.49. The number of alkyl halides is 3. The lowest BCUT2D eigenvalue weighted by molar-refractivity contribution is -0.274. The molecule has 2 fully saturated rings. The number of amides is 2. The summed E-state index contributed by atoms with van der Waals surface area (Å²) in [6.07, 6.45) is 2.12. The first-order valence-corrected chi connectivity index (χ1v) is 15.4. The van der Waals surface area contributed by atoms with Gasteiger partial charge in [-0.05, 0) is 49.6 Å². The van der Waals surface area contributed by atoms with E-state index in [0.29, 0.717) is 6.54 Å². The zero-order valence-electron chi connectivity index (χ0n) is 25.8. The van der Waals surface area contributed by atoms with Gasteiger partial charge in [0.2, 0.25) is 11.8 Å². The number of carbonyl (C=O) groups is 2. The van der Waals surface area contributed by atoms with Gasteiger partial charge in [-0.25, -0.2) is 9.40 Å². The predicted molar refractivity (Wildman–Crippen MR) is 159 cm³/mol. The smallest absolute Gasteiger partial charge is 0.492 e. The molecule has 2 aromatic carbocycles. The van der Waals surface area contributed by atoms with Crippen LogP contribution < -0.4 is 25.0 Å². The quantitative estimate of drug-likeness (QED) is 0.312. The molecule has 0 aromatic heterocycles. The third kappa shape index (κ3) is 9.95. The van der Waals surface area contributed by atoms with Crippen molar-refractivity contribution in [1.29, 1.82) is 0 Å². The normalized spacial score (nSPS) is 18.6. The van der Waals surface area contributed by atoms with Crippen molar-refractivity contribution < 1.29 is 41.4 Å². The second kappa shape index (κ2) is 15.6. The summed E-state index contributed by atoms with van der Waals surface area (Å²) in [4.78, 5) is 27.8. The molecule has 248 valence electrons. The molecule has 1 saturated carbocycles. The van der Waals surface area contributed by atoms with E-state index in [1.807, 2.05) is 5.01 Å².